The third kappa shape index (κ3) is 2.02. The Morgan fingerprint density at radius 1 is 1.36 bits per heavy atom. The number of hydrogen-bond donors (Lipinski definition) is 0. The summed E-state index contributed by atoms with van der Waals surface area (Å²) >= 11 is 0. The van der Waals surface area contributed by atoms with Crippen LogP contribution in [0.2, 0.25) is 0 Å². The lowest BCUT2D eigenvalue weighted by Gasteiger charge is -1.94. The SMILES string of the molecule is CCCc1noc(Cn2cccc2)n1. The molecule has 4 heteroatoms. The van der Waals surface area contributed by atoms with E-state index in [1.54, 1.807) is 0 Å². The standard InChI is InChI=1S/C10H13N3O/c1-2-5-9-11-10(14-12-9)8-13-6-3-4-7-13/h3-4,6-7H,2,5,8H2,1H3. The highest BCUT2D eigenvalue weighted by Crippen LogP contribution is 2.02. The van der Waals surface area contributed by atoms with Crippen molar-refractivity contribution in [2.24, 2.45) is 0 Å². The van der Waals surface area contributed by atoms with Crippen LogP contribution in [-0.4, -0.2) is 14.7 Å². The van der Waals surface area contributed by atoms with E-state index in [0.29, 0.717) is 12.4 Å². The molecule has 2 rings (SSSR count). The maximum absolute atomic E-state index is 5.11. The molecule has 0 amide bonds. The van der Waals surface area contributed by atoms with Gasteiger partial charge in [-0.2, -0.15) is 4.98 Å². The molecule has 0 atom stereocenters. The third-order valence-corrected chi connectivity index (χ3v) is 1.97. The fraction of sp³-hybridized carbons (Fsp3) is 0.400. The van der Waals surface area contributed by atoms with E-state index in [2.05, 4.69) is 17.1 Å². The van der Waals surface area contributed by atoms with Crippen LogP contribution in [0.4, 0.5) is 0 Å². The van der Waals surface area contributed by atoms with Crippen molar-refractivity contribution in [2.75, 3.05) is 0 Å². The highest BCUT2D eigenvalue weighted by Gasteiger charge is 2.04. The first-order chi connectivity index (χ1) is 6.88. The molecule has 0 saturated heterocycles. The molecule has 0 fully saturated rings. The Labute approximate surface area is 82.6 Å². The van der Waals surface area contributed by atoms with Crippen LogP contribution in [0.15, 0.2) is 29.0 Å². The van der Waals surface area contributed by atoms with Crippen molar-refractivity contribution in [3.8, 4) is 0 Å². The lowest BCUT2D eigenvalue weighted by molar-refractivity contribution is 0.366. The van der Waals surface area contributed by atoms with Crippen LogP contribution in [0.1, 0.15) is 25.1 Å². The van der Waals surface area contributed by atoms with Gasteiger partial charge in [0, 0.05) is 18.8 Å². The predicted octanol–water partition coefficient (Wildman–Crippen LogP) is 1.87. The zero-order valence-electron chi connectivity index (χ0n) is 8.18. The molecule has 2 heterocycles. The molecule has 0 aliphatic rings. The van der Waals surface area contributed by atoms with Gasteiger partial charge in [0.25, 0.3) is 0 Å². The Morgan fingerprint density at radius 3 is 2.86 bits per heavy atom. The van der Waals surface area contributed by atoms with Crippen LogP contribution in [0.25, 0.3) is 0 Å². The van der Waals surface area contributed by atoms with E-state index in [4.69, 9.17) is 4.52 Å². The smallest absolute Gasteiger partial charge is 0.246 e. The van der Waals surface area contributed by atoms with E-state index in [0.717, 1.165) is 18.7 Å². The van der Waals surface area contributed by atoms with Gasteiger partial charge in [-0.1, -0.05) is 12.1 Å². The molecule has 0 spiro atoms. The second-order valence-electron chi connectivity index (χ2n) is 3.21. The van der Waals surface area contributed by atoms with Crippen molar-refractivity contribution in [1.29, 1.82) is 0 Å². The van der Waals surface area contributed by atoms with Crippen molar-refractivity contribution in [3.05, 3.63) is 36.2 Å². The molecule has 0 aromatic carbocycles. The minimum Gasteiger partial charge on any atom is -0.345 e. The third-order valence-electron chi connectivity index (χ3n) is 1.97. The summed E-state index contributed by atoms with van der Waals surface area (Å²) in [7, 11) is 0. The molecule has 74 valence electrons. The Hall–Kier alpha value is -1.58. The van der Waals surface area contributed by atoms with Crippen molar-refractivity contribution in [2.45, 2.75) is 26.3 Å². The summed E-state index contributed by atoms with van der Waals surface area (Å²) in [5.41, 5.74) is 0. The van der Waals surface area contributed by atoms with Crippen LogP contribution in [-0.2, 0) is 13.0 Å². The van der Waals surface area contributed by atoms with Gasteiger partial charge in [-0.25, -0.2) is 0 Å². The second kappa shape index (κ2) is 4.09. The van der Waals surface area contributed by atoms with Crippen LogP contribution in [0.3, 0.4) is 0 Å². The second-order valence-corrected chi connectivity index (χ2v) is 3.21. The average molecular weight is 191 g/mol. The summed E-state index contributed by atoms with van der Waals surface area (Å²) in [5.74, 6) is 1.47. The summed E-state index contributed by atoms with van der Waals surface area (Å²) < 4.78 is 7.11. The van der Waals surface area contributed by atoms with Crippen molar-refractivity contribution < 1.29 is 4.52 Å². The molecular weight excluding hydrogens is 178 g/mol. The van der Waals surface area contributed by atoms with Gasteiger partial charge in [-0.15, -0.1) is 0 Å². The van der Waals surface area contributed by atoms with Crippen molar-refractivity contribution in [3.63, 3.8) is 0 Å². The Balaban J connectivity index is 2.03. The summed E-state index contributed by atoms with van der Waals surface area (Å²) in [6.07, 6.45) is 5.88. The fourth-order valence-electron chi connectivity index (χ4n) is 1.31. The topological polar surface area (TPSA) is 43.9 Å². The Kier molecular flexibility index (Phi) is 2.62. The highest BCUT2D eigenvalue weighted by molar-refractivity contribution is 4.94. The Bertz CT molecular complexity index is 378. The highest BCUT2D eigenvalue weighted by atomic mass is 16.5. The normalized spacial score (nSPS) is 10.6. The first-order valence-corrected chi connectivity index (χ1v) is 4.80. The van der Waals surface area contributed by atoms with Gasteiger partial charge in [0.15, 0.2) is 5.82 Å². The molecule has 2 aromatic heterocycles. The van der Waals surface area contributed by atoms with Crippen LogP contribution < -0.4 is 0 Å². The molecule has 0 saturated carbocycles. The fourth-order valence-corrected chi connectivity index (χ4v) is 1.31. The van der Waals surface area contributed by atoms with Gasteiger partial charge in [0.2, 0.25) is 5.89 Å². The molecule has 0 N–H and O–H groups in total. The van der Waals surface area contributed by atoms with E-state index in [1.165, 1.54) is 0 Å². The number of aromatic nitrogens is 3. The summed E-state index contributed by atoms with van der Waals surface area (Å²) in [4.78, 5) is 4.28. The van der Waals surface area contributed by atoms with Gasteiger partial charge >= 0.3 is 0 Å². The van der Waals surface area contributed by atoms with Crippen LogP contribution in [0.5, 0.6) is 0 Å². The molecule has 0 bridgehead atoms. The number of rotatable bonds is 4. The molecule has 0 unspecified atom stereocenters. The van der Waals surface area contributed by atoms with Gasteiger partial charge in [-0.05, 0) is 18.6 Å². The zero-order valence-corrected chi connectivity index (χ0v) is 8.18. The minimum absolute atomic E-state index is 0.656. The van der Waals surface area contributed by atoms with Crippen molar-refractivity contribution >= 4 is 0 Å². The van der Waals surface area contributed by atoms with Gasteiger partial charge in [0.05, 0.1) is 0 Å². The molecular formula is C10H13N3O. The van der Waals surface area contributed by atoms with E-state index in [-0.39, 0.29) is 0 Å². The van der Waals surface area contributed by atoms with Gasteiger partial charge in [-0.3, -0.25) is 0 Å². The summed E-state index contributed by atoms with van der Waals surface area (Å²) in [5, 5.41) is 3.89. The van der Waals surface area contributed by atoms with Gasteiger partial charge in [0.1, 0.15) is 6.54 Å². The van der Waals surface area contributed by atoms with E-state index < -0.39 is 0 Å². The summed E-state index contributed by atoms with van der Waals surface area (Å²) in [6, 6.07) is 3.95. The van der Waals surface area contributed by atoms with E-state index >= 15 is 0 Å². The summed E-state index contributed by atoms with van der Waals surface area (Å²) in [6.45, 7) is 2.76. The number of aryl methyl sites for hydroxylation is 1. The lowest BCUT2D eigenvalue weighted by atomic mass is 10.3. The lowest BCUT2D eigenvalue weighted by Crippen LogP contribution is -1.96. The van der Waals surface area contributed by atoms with Gasteiger partial charge < -0.3 is 9.09 Å². The van der Waals surface area contributed by atoms with Crippen LogP contribution >= 0.6 is 0 Å². The zero-order chi connectivity index (χ0) is 9.80. The number of nitrogens with zero attached hydrogens (tertiary/aromatic N) is 3. The molecule has 0 aliphatic heterocycles. The molecule has 14 heavy (non-hydrogen) atoms. The largest absolute Gasteiger partial charge is 0.345 e. The molecule has 0 aliphatic carbocycles. The molecule has 2 aromatic rings. The quantitative estimate of drug-likeness (QED) is 0.741. The maximum atomic E-state index is 5.11. The van der Waals surface area contributed by atoms with E-state index in [1.807, 2.05) is 29.1 Å². The van der Waals surface area contributed by atoms with Crippen molar-refractivity contribution in [1.82, 2.24) is 14.7 Å². The first kappa shape index (κ1) is 8.99. The molecule has 4 nitrogen and oxygen atoms in total. The monoisotopic (exact) mass is 191 g/mol. The number of hydrogen-bond acceptors (Lipinski definition) is 3. The maximum Gasteiger partial charge on any atom is 0.246 e. The predicted molar refractivity (Wildman–Crippen MR) is 51.8 cm³/mol. The van der Waals surface area contributed by atoms with Crippen LogP contribution in [0, 0.1) is 0 Å². The van der Waals surface area contributed by atoms with E-state index in [9.17, 15) is 0 Å². The average Bonchev–Trinajstić information content (AvgIpc) is 2.79. The Morgan fingerprint density at radius 2 is 2.14 bits per heavy atom. The minimum atomic E-state index is 0.656. The first-order valence-electron chi connectivity index (χ1n) is 4.80. The molecule has 0 radical (unpaired) electrons.